The molecular formula is C28H36O2. The fraction of sp³-hybridized carbons (Fsp3) is 0.464. The molecule has 0 bridgehead atoms. The molecule has 2 unspecified atom stereocenters. The molecule has 2 nitrogen and oxygen atoms in total. The van der Waals surface area contributed by atoms with Gasteiger partial charge >= 0.3 is 0 Å². The fourth-order valence-corrected chi connectivity index (χ4v) is 4.29. The molecule has 0 radical (unpaired) electrons. The van der Waals surface area contributed by atoms with Crippen LogP contribution < -0.4 is 4.74 Å². The lowest BCUT2D eigenvalue weighted by molar-refractivity contribution is -0.105. The molecule has 2 atom stereocenters. The predicted octanol–water partition coefficient (Wildman–Crippen LogP) is 7.08. The van der Waals surface area contributed by atoms with Crippen LogP contribution in [0.5, 0.6) is 5.75 Å². The third-order valence-corrected chi connectivity index (χ3v) is 6.34. The van der Waals surface area contributed by atoms with Gasteiger partial charge in [-0.05, 0) is 69.5 Å². The molecule has 0 aliphatic heterocycles. The molecule has 30 heavy (non-hydrogen) atoms. The molecule has 160 valence electrons. The lowest BCUT2D eigenvalue weighted by atomic mass is 9.71. The van der Waals surface area contributed by atoms with Crippen LogP contribution in [0, 0.1) is 0 Å². The predicted molar refractivity (Wildman–Crippen MR) is 126 cm³/mol. The summed E-state index contributed by atoms with van der Waals surface area (Å²) in [6.07, 6.45) is 5.06. The molecule has 0 N–H and O–H groups in total. The standard InChI is InChI=1S/C28H36O2/c1-27(2,3)22-15-21(16-23(17-22)28(4,5)6)26-14-19(18-29)8-13-25(26)20-9-11-24(30-7)12-10-20/h9-12,14-18,25-26H,8,13H2,1-7H3. The number of ether oxygens (including phenoxy) is 1. The number of methoxy groups -OCH3 is 1. The van der Waals surface area contributed by atoms with Gasteiger partial charge in [-0.25, -0.2) is 0 Å². The quantitative estimate of drug-likeness (QED) is 0.509. The molecule has 0 fully saturated rings. The number of allylic oxidation sites excluding steroid dienone is 2. The van der Waals surface area contributed by atoms with Crippen molar-refractivity contribution in [2.24, 2.45) is 0 Å². The molecule has 0 saturated heterocycles. The van der Waals surface area contributed by atoms with E-state index in [1.807, 2.05) is 12.1 Å². The Morgan fingerprint density at radius 3 is 1.90 bits per heavy atom. The summed E-state index contributed by atoms with van der Waals surface area (Å²) in [5.41, 5.74) is 6.38. The highest BCUT2D eigenvalue weighted by molar-refractivity contribution is 5.74. The van der Waals surface area contributed by atoms with Gasteiger partial charge in [-0.1, -0.05) is 78.0 Å². The molecule has 2 aromatic carbocycles. The van der Waals surface area contributed by atoms with Crippen LogP contribution in [0.15, 0.2) is 54.1 Å². The number of hydrogen-bond donors (Lipinski definition) is 0. The van der Waals surface area contributed by atoms with Crippen LogP contribution in [0.3, 0.4) is 0 Å². The van der Waals surface area contributed by atoms with Crippen LogP contribution in [0.4, 0.5) is 0 Å². The van der Waals surface area contributed by atoms with Gasteiger partial charge in [-0.15, -0.1) is 0 Å². The number of carbonyl (C=O) groups is 1. The van der Waals surface area contributed by atoms with E-state index < -0.39 is 0 Å². The van der Waals surface area contributed by atoms with Crippen molar-refractivity contribution in [2.75, 3.05) is 7.11 Å². The molecule has 0 spiro atoms. The van der Waals surface area contributed by atoms with Crippen molar-refractivity contribution in [3.05, 3.63) is 76.4 Å². The number of benzene rings is 2. The van der Waals surface area contributed by atoms with Gasteiger partial charge in [0.1, 0.15) is 12.0 Å². The van der Waals surface area contributed by atoms with Crippen molar-refractivity contribution in [1.29, 1.82) is 0 Å². The minimum Gasteiger partial charge on any atom is -0.497 e. The Morgan fingerprint density at radius 1 is 0.867 bits per heavy atom. The minimum atomic E-state index is 0.0670. The molecule has 0 amide bonds. The molecule has 2 aromatic rings. The summed E-state index contributed by atoms with van der Waals surface area (Å²) in [5, 5.41) is 0. The van der Waals surface area contributed by atoms with Crippen molar-refractivity contribution in [2.45, 2.75) is 77.0 Å². The Hall–Kier alpha value is -2.35. The average Bonchev–Trinajstić information content (AvgIpc) is 2.71. The molecule has 1 aliphatic carbocycles. The van der Waals surface area contributed by atoms with Gasteiger partial charge in [0, 0.05) is 5.92 Å². The van der Waals surface area contributed by atoms with Crippen LogP contribution in [-0.2, 0) is 15.6 Å². The van der Waals surface area contributed by atoms with Crippen molar-refractivity contribution in [1.82, 2.24) is 0 Å². The second-order valence-electron chi connectivity index (χ2n) is 10.6. The first-order chi connectivity index (χ1) is 14.0. The van der Waals surface area contributed by atoms with Crippen LogP contribution in [0.1, 0.15) is 88.5 Å². The molecule has 1 aliphatic rings. The van der Waals surface area contributed by atoms with E-state index >= 15 is 0 Å². The van der Waals surface area contributed by atoms with Crippen molar-refractivity contribution >= 4 is 6.29 Å². The van der Waals surface area contributed by atoms with E-state index in [0.29, 0.717) is 5.92 Å². The van der Waals surface area contributed by atoms with Crippen LogP contribution in [-0.4, -0.2) is 13.4 Å². The Balaban J connectivity index is 2.15. The Kier molecular flexibility index (Phi) is 6.26. The monoisotopic (exact) mass is 404 g/mol. The molecule has 3 rings (SSSR count). The number of hydrogen-bond acceptors (Lipinski definition) is 2. The van der Waals surface area contributed by atoms with Crippen LogP contribution in [0.2, 0.25) is 0 Å². The third kappa shape index (κ3) is 4.86. The maximum atomic E-state index is 11.6. The van der Waals surface area contributed by atoms with Gasteiger partial charge in [0.2, 0.25) is 0 Å². The van der Waals surface area contributed by atoms with E-state index in [9.17, 15) is 4.79 Å². The topological polar surface area (TPSA) is 26.3 Å². The Bertz CT molecular complexity index is 888. The highest BCUT2D eigenvalue weighted by Gasteiger charge is 2.30. The molecule has 0 saturated carbocycles. The number of aldehydes is 1. The lowest BCUT2D eigenvalue weighted by Gasteiger charge is -2.33. The molecule has 0 aromatic heterocycles. The van der Waals surface area contributed by atoms with E-state index in [1.165, 1.54) is 22.3 Å². The zero-order valence-corrected chi connectivity index (χ0v) is 19.6. The number of carbonyl (C=O) groups excluding carboxylic acids is 1. The van der Waals surface area contributed by atoms with Crippen molar-refractivity contribution in [3.8, 4) is 5.75 Å². The van der Waals surface area contributed by atoms with E-state index in [0.717, 1.165) is 30.5 Å². The summed E-state index contributed by atoms with van der Waals surface area (Å²) in [7, 11) is 1.70. The molecule has 2 heteroatoms. The second kappa shape index (κ2) is 8.41. The summed E-state index contributed by atoms with van der Waals surface area (Å²) in [6.45, 7) is 13.6. The number of rotatable bonds is 4. The summed E-state index contributed by atoms with van der Waals surface area (Å²) in [4.78, 5) is 11.6. The van der Waals surface area contributed by atoms with Crippen LogP contribution in [0.25, 0.3) is 0 Å². The lowest BCUT2D eigenvalue weighted by Crippen LogP contribution is -2.20. The highest BCUT2D eigenvalue weighted by atomic mass is 16.5. The zero-order chi connectivity index (χ0) is 22.1. The largest absolute Gasteiger partial charge is 0.497 e. The van der Waals surface area contributed by atoms with Gasteiger partial charge in [-0.2, -0.15) is 0 Å². The first-order valence-corrected chi connectivity index (χ1v) is 11.0. The highest BCUT2D eigenvalue weighted by Crippen LogP contribution is 2.44. The third-order valence-electron chi connectivity index (χ3n) is 6.34. The maximum Gasteiger partial charge on any atom is 0.145 e. The van der Waals surface area contributed by atoms with Crippen molar-refractivity contribution < 1.29 is 9.53 Å². The van der Waals surface area contributed by atoms with E-state index in [1.54, 1.807) is 7.11 Å². The van der Waals surface area contributed by atoms with Gasteiger partial charge in [0.25, 0.3) is 0 Å². The summed E-state index contributed by atoms with van der Waals surface area (Å²) in [6, 6.07) is 15.5. The first kappa shape index (κ1) is 22.3. The molecular weight excluding hydrogens is 368 g/mol. The van der Waals surface area contributed by atoms with E-state index in [4.69, 9.17) is 4.74 Å². The summed E-state index contributed by atoms with van der Waals surface area (Å²) in [5.74, 6) is 1.42. The normalized spacial score (nSPS) is 19.9. The van der Waals surface area contributed by atoms with Gasteiger partial charge in [-0.3, -0.25) is 4.79 Å². The summed E-state index contributed by atoms with van der Waals surface area (Å²) >= 11 is 0. The Morgan fingerprint density at radius 2 is 1.43 bits per heavy atom. The maximum absolute atomic E-state index is 11.6. The smallest absolute Gasteiger partial charge is 0.145 e. The van der Waals surface area contributed by atoms with Crippen LogP contribution >= 0.6 is 0 Å². The first-order valence-electron chi connectivity index (χ1n) is 11.0. The van der Waals surface area contributed by atoms with Gasteiger partial charge in [0.05, 0.1) is 7.11 Å². The van der Waals surface area contributed by atoms with E-state index in [2.05, 4.69) is 78.0 Å². The minimum absolute atomic E-state index is 0.0670. The van der Waals surface area contributed by atoms with Gasteiger partial charge in [0.15, 0.2) is 0 Å². The second-order valence-corrected chi connectivity index (χ2v) is 10.6. The van der Waals surface area contributed by atoms with E-state index in [-0.39, 0.29) is 16.7 Å². The average molecular weight is 405 g/mol. The fourth-order valence-electron chi connectivity index (χ4n) is 4.29. The van der Waals surface area contributed by atoms with Gasteiger partial charge < -0.3 is 4.74 Å². The summed E-state index contributed by atoms with van der Waals surface area (Å²) < 4.78 is 5.35. The van der Waals surface area contributed by atoms with Crippen molar-refractivity contribution in [3.63, 3.8) is 0 Å². The SMILES string of the molecule is COc1ccc(C2CCC(C=O)=CC2c2cc(C(C)(C)C)cc(C(C)(C)C)c2)cc1. The zero-order valence-electron chi connectivity index (χ0n) is 19.6. The Labute approximate surface area is 182 Å². The molecule has 0 heterocycles.